The van der Waals surface area contributed by atoms with Crippen molar-refractivity contribution in [2.45, 2.75) is 6.92 Å². The fourth-order valence-corrected chi connectivity index (χ4v) is 1.31. The van der Waals surface area contributed by atoms with Gasteiger partial charge in [-0.05, 0) is 19.1 Å². The van der Waals surface area contributed by atoms with Gasteiger partial charge >= 0.3 is 7.32 Å². The van der Waals surface area contributed by atoms with Gasteiger partial charge < -0.3 is 19.7 Å². The third-order valence-corrected chi connectivity index (χ3v) is 1.81. The molecule has 0 saturated heterocycles. The molecule has 0 fully saturated rings. The quantitative estimate of drug-likeness (QED) is 0.594. The summed E-state index contributed by atoms with van der Waals surface area (Å²) in [6, 6.07) is 5.04. The lowest BCUT2D eigenvalue weighted by Crippen LogP contribution is -2.20. The Balaban J connectivity index is 2.40. The fourth-order valence-electron chi connectivity index (χ4n) is 1.31. The number of H-pyrrole nitrogens is 1. The zero-order chi connectivity index (χ0) is 10.1. The zero-order valence-electron chi connectivity index (χ0n) is 7.56. The predicted molar refractivity (Wildman–Crippen MR) is 51.7 cm³/mol. The topological polar surface area (TPSA) is 78.4 Å². The summed E-state index contributed by atoms with van der Waals surface area (Å²) < 4.78 is 4.69. The van der Waals surface area contributed by atoms with E-state index in [2.05, 4.69) is 9.97 Å². The Morgan fingerprint density at radius 1 is 1.43 bits per heavy atom. The van der Waals surface area contributed by atoms with E-state index in [1.165, 1.54) is 0 Å². The van der Waals surface area contributed by atoms with Gasteiger partial charge in [0.25, 0.3) is 0 Å². The molecule has 0 aliphatic heterocycles. The summed E-state index contributed by atoms with van der Waals surface area (Å²) in [4.78, 5) is 7.21. The number of hydrogen-bond acceptors (Lipinski definition) is 4. The Morgan fingerprint density at radius 2 is 2.21 bits per heavy atom. The zero-order valence-corrected chi connectivity index (χ0v) is 7.56. The van der Waals surface area contributed by atoms with E-state index in [9.17, 15) is 0 Å². The van der Waals surface area contributed by atoms with Gasteiger partial charge in [0.05, 0.1) is 11.0 Å². The number of rotatable bonds is 2. The molecule has 0 aliphatic rings. The van der Waals surface area contributed by atoms with E-state index in [4.69, 9.17) is 14.7 Å². The van der Waals surface area contributed by atoms with Crippen LogP contribution in [0.3, 0.4) is 0 Å². The summed E-state index contributed by atoms with van der Waals surface area (Å²) in [6.07, 6.45) is 0. The van der Waals surface area contributed by atoms with Crippen LogP contribution in [0.25, 0.3) is 11.0 Å². The lowest BCUT2D eigenvalue weighted by atomic mass is 10.2. The van der Waals surface area contributed by atoms with Gasteiger partial charge in [-0.1, -0.05) is 0 Å². The van der Waals surface area contributed by atoms with Crippen LogP contribution in [0.4, 0.5) is 0 Å². The molecule has 2 rings (SSSR count). The van der Waals surface area contributed by atoms with E-state index in [-0.39, 0.29) is 0 Å². The van der Waals surface area contributed by atoms with Crippen molar-refractivity contribution in [3.63, 3.8) is 0 Å². The van der Waals surface area contributed by atoms with E-state index in [0.29, 0.717) is 5.75 Å². The normalized spacial score (nSPS) is 10.5. The average Bonchev–Trinajstić information content (AvgIpc) is 2.42. The second-order valence-electron chi connectivity index (χ2n) is 2.95. The van der Waals surface area contributed by atoms with Crippen LogP contribution in [0.15, 0.2) is 18.2 Å². The summed E-state index contributed by atoms with van der Waals surface area (Å²) in [5.74, 6) is 1.19. The molecule has 0 atom stereocenters. The number of nitrogens with one attached hydrogen (secondary N) is 1. The molecule has 1 aromatic carbocycles. The van der Waals surface area contributed by atoms with Gasteiger partial charge in [0.2, 0.25) is 0 Å². The Bertz CT molecular complexity index is 455. The molecule has 6 heteroatoms. The third-order valence-electron chi connectivity index (χ3n) is 1.81. The predicted octanol–water partition coefficient (Wildman–Crippen LogP) is 0.220. The van der Waals surface area contributed by atoms with Crippen LogP contribution in [0.2, 0.25) is 0 Å². The molecule has 72 valence electrons. The maximum atomic E-state index is 8.59. The monoisotopic (exact) mass is 192 g/mol. The third kappa shape index (κ3) is 1.71. The number of aromatic nitrogens is 2. The van der Waals surface area contributed by atoms with Crippen LogP contribution < -0.4 is 4.65 Å². The Labute approximate surface area is 80.5 Å². The van der Waals surface area contributed by atoms with Crippen LogP contribution in [-0.2, 0) is 0 Å². The molecular weight excluding hydrogens is 183 g/mol. The first-order valence-corrected chi connectivity index (χ1v) is 4.14. The SMILES string of the molecule is Cc1nc2ccc(OB(O)O)cc2[nH]1. The van der Waals surface area contributed by atoms with Gasteiger partial charge in [-0.2, -0.15) is 0 Å². The van der Waals surface area contributed by atoms with E-state index in [1.54, 1.807) is 18.2 Å². The van der Waals surface area contributed by atoms with Crippen LogP contribution in [0.1, 0.15) is 5.82 Å². The highest BCUT2D eigenvalue weighted by molar-refractivity contribution is 6.33. The highest BCUT2D eigenvalue weighted by atomic mass is 16.6. The highest BCUT2D eigenvalue weighted by Crippen LogP contribution is 2.18. The molecule has 0 spiro atoms. The Hall–Kier alpha value is -1.53. The summed E-state index contributed by atoms with van der Waals surface area (Å²) in [6.45, 7) is 1.85. The molecular formula is C8H9BN2O3. The first kappa shape index (κ1) is 9.05. The number of fused-ring (bicyclic) bond motifs is 1. The number of imidazole rings is 1. The molecule has 3 N–H and O–H groups in total. The first-order valence-electron chi connectivity index (χ1n) is 4.14. The second-order valence-corrected chi connectivity index (χ2v) is 2.95. The van der Waals surface area contributed by atoms with Crippen molar-refractivity contribution in [1.82, 2.24) is 9.97 Å². The van der Waals surface area contributed by atoms with Gasteiger partial charge in [-0.25, -0.2) is 4.98 Å². The number of nitrogens with zero attached hydrogens (tertiary/aromatic N) is 1. The van der Waals surface area contributed by atoms with Gasteiger partial charge in [0, 0.05) is 6.07 Å². The summed E-state index contributed by atoms with van der Waals surface area (Å²) >= 11 is 0. The van der Waals surface area contributed by atoms with Crippen molar-refractivity contribution in [2.75, 3.05) is 0 Å². The average molecular weight is 192 g/mol. The van der Waals surface area contributed by atoms with Crippen molar-refractivity contribution >= 4 is 18.4 Å². The van der Waals surface area contributed by atoms with Gasteiger partial charge in [0.1, 0.15) is 11.6 Å². The van der Waals surface area contributed by atoms with Crippen LogP contribution in [-0.4, -0.2) is 27.3 Å². The summed E-state index contributed by atoms with van der Waals surface area (Å²) in [5, 5.41) is 17.2. The molecule has 0 saturated carbocycles. The number of aryl methyl sites for hydroxylation is 1. The fraction of sp³-hybridized carbons (Fsp3) is 0.125. The molecule has 5 nitrogen and oxygen atoms in total. The first-order chi connectivity index (χ1) is 6.65. The minimum absolute atomic E-state index is 0.385. The second kappa shape index (κ2) is 3.32. The Kier molecular flexibility index (Phi) is 2.15. The highest BCUT2D eigenvalue weighted by Gasteiger charge is 2.11. The van der Waals surface area contributed by atoms with Gasteiger partial charge in [-0.15, -0.1) is 0 Å². The maximum absolute atomic E-state index is 8.59. The van der Waals surface area contributed by atoms with E-state index in [1.807, 2.05) is 6.92 Å². The standard InChI is InChI=1S/C8H9BN2O3/c1-5-10-7-3-2-6(14-9(12)13)4-8(7)11-5/h2-4,12-13H,1H3,(H,10,11). The molecule has 0 aliphatic carbocycles. The largest absolute Gasteiger partial charge is 0.707 e. The smallest absolute Gasteiger partial charge is 0.512 e. The van der Waals surface area contributed by atoms with E-state index < -0.39 is 7.32 Å². The van der Waals surface area contributed by atoms with Crippen LogP contribution in [0.5, 0.6) is 5.75 Å². The van der Waals surface area contributed by atoms with Crippen LogP contribution >= 0.6 is 0 Å². The summed E-state index contributed by atoms with van der Waals surface area (Å²) in [7, 11) is -1.79. The van der Waals surface area contributed by atoms with E-state index >= 15 is 0 Å². The lowest BCUT2D eigenvalue weighted by Gasteiger charge is -2.02. The number of benzene rings is 1. The minimum Gasteiger partial charge on any atom is -0.512 e. The van der Waals surface area contributed by atoms with E-state index in [0.717, 1.165) is 16.9 Å². The molecule has 0 bridgehead atoms. The lowest BCUT2D eigenvalue weighted by molar-refractivity contribution is 0.288. The molecule has 2 aromatic rings. The molecule has 1 aromatic heterocycles. The molecule has 0 unspecified atom stereocenters. The Morgan fingerprint density at radius 3 is 2.93 bits per heavy atom. The molecule has 1 heterocycles. The molecule has 14 heavy (non-hydrogen) atoms. The van der Waals surface area contributed by atoms with Crippen molar-refractivity contribution in [3.8, 4) is 5.75 Å². The van der Waals surface area contributed by atoms with Crippen molar-refractivity contribution < 1.29 is 14.7 Å². The maximum Gasteiger partial charge on any atom is 0.707 e. The van der Waals surface area contributed by atoms with Crippen molar-refractivity contribution in [1.29, 1.82) is 0 Å². The van der Waals surface area contributed by atoms with Crippen LogP contribution in [0, 0.1) is 6.92 Å². The summed E-state index contributed by atoms with van der Waals surface area (Å²) in [5.41, 5.74) is 1.63. The van der Waals surface area contributed by atoms with Gasteiger partial charge in [-0.3, -0.25) is 0 Å². The van der Waals surface area contributed by atoms with Gasteiger partial charge in [0.15, 0.2) is 0 Å². The molecule has 0 amide bonds. The molecule has 0 radical (unpaired) electrons. The van der Waals surface area contributed by atoms with Crippen molar-refractivity contribution in [2.24, 2.45) is 0 Å². The minimum atomic E-state index is -1.79. The number of hydrogen-bond donors (Lipinski definition) is 3. The number of aromatic amines is 1. The van der Waals surface area contributed by atoms with Crippen molar-refractivity contribution in [3.05, 3.63) is 24.0 Å².